The molecule has 0 aromatic heterocycles. The third-order valence-corrected chi connectivity index (χ3v) is 3.20. The van der Waals surface area contributed by atoms with Gasteiger partial charge in [-0.3, -0.25) is 0 Å². The Kier molecular flexibility index (Phi) is 3.17. The van der Waals surface area contributed by atoms with Crippen LogP contribution in [0.1, 0.15) is 6.42 Å². The molecule has 4 nitrogen and oxygen atoms in total. The molecule has 0 saturated carbocycles. The maximum atomic E-state index is 12.8. The molecule has 1 N–H and O–H groups in total. The molecule has 1 amide bonds. The van der Waals surface area contributed by atoms with Gasteiger partial charge in [0.05, 0.1) is 6.04 Å². The fourth-order valence-electron chi connectivity index (χ4n) is 2.10. The number of hydrogen-bond donors (Lipinski definition) is 1. The molecule has 2 rings (SSSR count). The number of benzene rings is 1. The molecule has 0 radical (unpaired) electrons. The van der Waals surface area contributed by atoms with Gasteiger partial charge in [0.15, 0.2) is 0 Å². The number of carboxylic acid groups (broad SMARTS) is 1. The van der Waals surface area contributed by atoms with Crippen LogP contribution in [0.3, 0.4) is 0 Å². The van der Waals surface area contributed by atoms with E-state index in [1.807, 2.05) is 0 Å². The number of anilines is 1. The van der Waals surface area contributed by atoms with Gasteiger partial charge in [-0.2, -0.15) is 0 Å². The van der Waals surface area contributed by atoms with Crippen molar-refractivity contribution in [3.05, 3.63) is 30.1 Å². The SMILES string of the molecule is CN(C(=O)O)C1CCN(c2ccc(F)cc2)C1. The molecule has 1 saturated heterocycles. The molecule has 92 valence electrons. The van der Waals surface area contributed by atoms with Crippen molar-refractivity contribution in [2.45, 2.75) is 12.5 Å². The van der Waals surface area contributed by atoms with E-state index in [9.17, 15) is 9.18 Å². The number of likely N-dealkylation sites (N-methyl/N-ethyl adjacent to an activating group) is 1. The van der Waals surface area contributed by atoms with Crippen LogP contribution >= 0.6 is 0 Å². The van der Waals surface area contributed by atoms with Crippen molar-refractivity contribution in [1.29, 1.82) is 0 Å². The van der Waals surface area contributed by atoms with E-state index in [2.05, 4.69) is 4.90 Å². The Hall–Kier alpha value is -1.78. The lowest BCUT2D eigenvalue weighted by Gasteiger charge is -2.23. The zero-order chi connectivity index (χ0) is 12.4. The predicted molar refractivity (Wildman–Crippen MR) is 62.8 cm³/mol. The topological polar surface area (TPSA) is 43.8 Å². The van der Waals surface area contributed by atoms with Crippen LogP contribution in [0.15, 0.2) is 24.3 Å². The minimum absolute atomic E-state index is 0.0116. The Morgan fingerprint density at radius 1 is 1.47 bits per heavy atom. The van der Waals surface area contributed by atoms with Crippen LogP contribution in [0.25, 0.3) is 0 Å². The standard InChI is InChI=1S/C12H15FN2O2/c1-14(12(16)17)11-6-7-15(8-11)10-4-2-9(13)3-5-10/h2-5,11H,6-8H2,1H3,(H,16,17). The molecule has 0 aliphatic carbocycles. The van der Waals surface area contributed by atoms with Gasteiger partial charge in [-0.05, 0) is 30.7 Å². The van der Waals surface area contributed by atoms with Crippen molar-refractivity contribution in [2.24, 2.45) is 0 Å². The van der Waals surface area contributed by atoms with Gasteiger partial charge in [-0.25, -0.2) is 9.18 Å². The van der Waals surface area contributed by atoms with E-state index in [1.54, 1.807) is 19.2 Å². The van der Waals surface area contributed by atoms with Crippen molar-refractivity contribution in [3.63, 3.8) is 0 Å². The Balaban J connectivity index is 2.02. The quantitative estimate of drug-likeness (QED) is 0.857. The molecular weight excluding hydrogens is 223 g/mol. The van der Waals surface area contributed by atoms with Crippen LogP contribution in [-0.2, 0) is 0 Å². The maximum Gasteiger partial charge on any atom is 0.407 e. The molecule has 0 spiro atoms. The molecule has 1 aromatic carbocycles. The van der Waals surface area contributed by atoms with Crippen LogP contribution in [0.2, 0.25) is 0 Å². The van der Waals surface area contributed by atoms with Gasteiger partial charge in [0, 0.05) is 25.8 Å². The van der Waals surface area contributed by atoms with E-state index in [4.69, 9.17) is 5.11 Å². The zero-order valence-electron chi connectivity index (χ0n) is 9.64. The lowest BCUT2D eigenvalue weighted by molar-refractivity contribution is 0.142. The summed E-state index contributed by atoms with van der Waals surface area (Å²) in [7, 11) is 1.58. The van der Waals surface area contributed by atoms with Crippen LogP contribution in [0.5, 0.6) is 0 Å². The fraction of sp³-hybridized carbons (Fsp3) is 0.417. The second-order valence-corrected chi connectivity index (χ2v) is 4.26. The highest BCUT2D eigenvalue weighted by molar-refractivity contribution is 5.65. The largest absolute Gasteiger partial charge is 0.465 e. The Bertz CT molecular complexity index is 407. The highest BCUT2D eigenvalue weighted by atomic mass is 19.1. The van der Waals surface area contributed by atoms with Gasteiger partial charge < -0.3 is 14.9 Å². The summed E-state index contributed by atoms with van der Waals surface area (Å²) in [6.07, 6.45) is -0.101. The first kappa shape index (κ1) is 11.7. The first-order valence-corrected chi connectivity index (χ1v) is 5.54. The first-order chi connectivity index (χ1) is 8.08. The van der Waals surface area contributed by atoms with Crippen molar-refractivity contribution >= 4 is 11.8 Å². The van der Waals surface area contributed by atoms with Crippen LogP contribution in [-0.4, -0.2) is 42.3 Å². The molecule has 1 atom stereocenters. The molecule has 17 heavy (non-hydrogen) atoms. The smallest absolute Gasteiger partial charge is 0.407 e. The van der Waals surface area contributed by atoms with Gasteiger partial charge in [0.25, 0.3) is 0 Å². The summed E-state index contributed by atoms with van der Waals surface area (Å²) in [5.74, 6) is -0.257. The second-order valence-electron chi connectivity index (χ2n) is 4.26. The molecule has 1 fully saturated rings. The average molecular weight is 238 g/mol. The third-order valence-electron chi connectivity index (χ3n) is 3.20. The van der Waals surface area contributed by atoms with E-state index in [0.717, 1.165) is 18.7 Å². The minimum atomic E-state index is -0.907. The number of halogens is 1. The highest BCUT2D eigenvalue weighted by Gasteiger charge is 2.28. The van der Waals surface area contributed by atoms with Gasteiger partial charge >= 0.3 is 6.09 Å². The molecular formula is C12H15FN2O2. The molecule has 1 unspecified atom stereocenters. The Morgan fingerprint density at radius 2 is 2.12 bits per heavy atom. The van der Waals surface area contributed by atoms with Gasteiger partial charge in [-0.1, -0.05) is 0 Å². The summed E-state index contributed by atoms with van der Waals surface area (Å²) in [4.78, 5) is 14.2. The van der Waals surface area contributed by atoms with E-state index >= 15 is 0 Å². The lowest BCUT2D eigenvalue weighted by Crippen LogP contribution is -2.38. The van der Waals surface area contributed by atoms with Crippen LogP contribution < -0.4 is 4.90 Å². The summed E-state index contributed by atoms with van der Waals surface area (Å²) in [5.41, 5.74) is 0.938. The maximum absolute atomic E-state index is 12.8. The lowest BCUT2D eigenvalue weighted by atomic mass is 10.2. The molecule has 0 bridgehead atoms. The van der Waals surface area contributed by atoms with Crippen LogP contribution in [0, 0.1) is 5.82 Å². The summed E-state index contributed by atoms with van der Waals surface area (Å²) in [6, 6.07) is 6.29. The van der Waals surface area contributed by atoms with E-state index in [1.165, 1.54) is 17.0 Å². The number of carbonyl (C=O) groups is 1. The van der Waals surface area contributed by atoms with Gasteiger partial charge in [-0.15, -0.1) is 0 Å². The predicted octanol–water partition coefficient (Wildman–Crippen LogP) is 2.01. The number of amides is 1. The normalized spacial score (nSPS) is 19.4. The third kappa shape index (κ3) is 2.49. The number of rotatable bonds is 2. The molecule has 5 heteroatoms. The molecule has 1 aliphatic rings. The summed E-state index contributed by atoms with van der Waals surface area (Å²) >= 11 is 0. The van der Waals surface area contributed by atoms with E-state index in [0.29, 0.717) is 6.54 Å². The van der Waals surface area contributed by atoms with Crippen molar-refractivity contribution < 1.29 is 14.3 Å². The van der Waals surface area contributed by atoms with E-state index in [-0.39, 0.29) is 11.9 Å². The summed E-state index contributed by atoms with van der Waals surface area (Å²) < 4.78 is 12.8. The number of nitrogens with zero attached hydrogens (tertiary/aromatic N) is 2. The first-order valence-electron chi connectivity index (χ1n) is 5.54. The monoisotopic (exact) mass is 238 g/mol. The molecule has 1 aliphatic heterocycles. The number of hydrogen-bond acceptors (Lipinski definition) is 2. The summed E-state index contributed by atoms with van der Waals surface area (Å²) in [6.45, 7) is 1.46. The van der Waals surface area contributed by atoms with Gasteiger partial charge in [0.1, 0.15) is 5.82 Å². The van der Waals surface area contributed by atoms with Crippen LogP contribution in [0.4, 0.5) is 14.9 Å². The van der Waals surface area contributed by atoms with Crippen molar-refractivity contribution in [3.8, 4) is 0 Å². The van der Waals surface area contributed by atoms with E-state index < -0.39 is 6.09 Å². The highest BCUT2D eigenvalue weighted by Crippen LogP contribution is 2.22. The van der Waals surface area contributed by atoms with Crippen molar-refractivity contribution in [2.75, 3.05) is 25.0 Å². The van der Waals surface area contributed by atoms with Gasteiger partial charge in [0.2, 0.25) is 0 Å². The zero-order valence-corrected chi connectivity index (χ0v) is 9.64. The average Bonchev–Trinajstić information content (AvgIpc) is 2.78. The fourth-order valence-corrected chi connectivity index (χ4v) is 2.10. The second kappa shape index (κ2) is 4.61. The molecule has 1 heterocycles. The summed E-state index contributed by atoms with van der Waals surface area (Å²) in [5, 5.41) is 8.89. The minimum Gasteiger partial charge on any atom is -0.465 e. The van der Waals surface area contributed by atoms with Crippen molar-refractivity contribution in [1.82, 2.24) is 4.90 Å². The Morgan fingerprint density at radius 3 is 2.71 bits per heavy atom. The Labute approximate surface area is 99.3 Å². The molecule has 1 aromatic rings.